The number of rotatable bonds is 7. The van der Waals surface area contributed by atoms with Gasteiger partial charge in [0.15, 0.2) is 0 Å². The molecule has 1 aromatic heterocycles. The maximum atomic E-state index is 14.3. The minimum atomic E-state index is -4.81. The lowest BCUT2D eigenvalue weighted by atomic mass is 10.0. The summed E-state index contributed by atoms with van der Waals surface area (Å²) in [5.41, 5.74) is 4.85. The van der Waals surface area contributed by atoms with E-state index in [0.717, 1.165) is 10.7 Å². The second-order valence-electron chi connectivity index (χ2n) is 10.1. The smallest absolute Gasteiger partial charge is 0.418 e. The molecule has 10 nitrogen and oxygen atoms in total. The number of nitrogens with two attached hydrogens (primary N) is 1. The quantitative estimate of drug-likeness (QED) is 0.443. The lowest BCUT2D eigenvalue weighted by molar-refractivity contribution is -0.137. The number of hydrogen-bond acceptors (Lipinski definition) is 8. The third kappa shape index (κ3) is 5.17. The molecule has 3 heterocycles. The molecule has 1 amide bonds. The van der Waals surface area contributed by atoms with E-state index < -0.39 is 41.0 Å². The van der Waals surface area contributed by atoms with Crippen LogP contribution in [0.3, 0.4) is 0 Å². The number of ether oxygens (including phenoxy) is 2. The van der Waals surface area contributed by atoms with E-state index in [4.69, 9.17) is 15.2 Å². The largest absolute Gasteiger partial charge is 0.497 e. The van der Waals surface area contributed by atoms with Crippen LogP contribution in [0.2, 0.25) is 0 Å². The number of benzene rings is 2. The number of alkyl halides is 3. The Morgan fingerprint density at radius 3 is 2.37 bits per heavy atom. The first kappa shape index (κ1) is 28.3. The summed E-state index contributed by atoms with van der Waals surface area (Å²) in [5, 5.41) is 14.5. The van der Waals surface area contributed by atoms with Crippen molar-refractivity contribution in [3.05, 3.63) is 57.9 Å². The first-order chi connectivity index (χ1) is 19.4. The zero-order valence-electron chi connectivity index (χ0n) is 22.7. The van der Waals surface area contributed by atoms with E-state index in [0.29, 0.717) is 47.7 Å². The van der Waals surface area contributed by atoms with Crippen LogP contribution >= 0.6 is 0 Å². The van der Waals surface area contributed by atoms with E-state index in [-0.39, 0.29) is 24.5 Å². The number of fused-ring (bicyclic) bond motifs is 1. The predicted molar refractivity (Wildman–Crippen MR) is 146 cm³/mol. The number of aliphatic hydroxyl groups is 1. The second-order valence-corrected chi connectivity index (χ2v) is 10.1. The normalized spacial score (nSPS) is 17.5. The molecule has 2 atom stereocenters. The number of nitrogens with zero attached hydrogens (tertiary/aromatic N) is 4. The number of aliphatic hydroxyl groups excluding tert-OH is 1. The van der Waals surface area contributed by atoms with E-state index >= 15 is 0 Å². The van der Waals surface area contributed by atoms with Crippen molar-refractivity contribution in [3.8, 4) is 28.4 Å². The van der Waals surface area contributed by atoms with E-state index in [1.807, 2.05) is 0 Å². The number of aromatic nitrogens is 2. The molecule has 0 aliphatic carbocycles. The SMILES string of the molecule is COc1cc(OC)cc(-c2nn(-c3cc(N4CCC(O)C4)ccc3C(F)(F)F)c(=O)c3c2CCN3C(C)C(N)=O)c1. The summed E-state index contributed by atoms with van der Waals surface area (Å²) >= 11 is 0. The average molecular weight is 574 g/mol. The van der Waals surface area contributed by atoms with Crippen molar-refractivity contribution in [2.24, 2.45) is 5.73 Å². The molecule has 13 heteroatoms. The van der Waals surface area contributed by atoms with E-state index in [2.05, 4.69) is 5.10 Å². The van der Waals surface area contributed by atoms with Crippen molar-refractivity contribution in [2.45, 2.75) is 38.1 Å². The number of anilines is 2. The van der Waals surface area contributed by atoms with Gasteiger partial charge in [-0.15, -0.1) is 0 Å². The maximum absolute atomic E-state index is 14.3. The molecule has 0 bridgehead atoms. The Morgan fingerprint density at radius 2 is 1.80 bits per heavy atom. The molecule has 3 N–H and O–H groups in total. The zero-order valence-corrected chi connectivity index (χ0v) is 22.7. The van der Waals surface area contributed by atoms with Gasteiger partial charge in [-0.1, -0.05) is 0 Å². The summed E-state index contributed by atoms with van der Waals surface area (Å²) in [6.45, 7) is 2.47. The van der Waals surface area contributed by atoms with Crippen LogP contribution in [0, 0.1) is 0 Å². The fourth-order valence-electron chi connectivity index (χ4n) is 5.41. The molecular formula is C28H30F3N5O5. The molecule has 2 aliphatic rings. The number of halogens is 3. The van der Waals surface area contributed by atoms with Crippen LogP contribution in [-0.4, -0.2) is 66.8 Å². The van der Waals surface area contributed by atoms with Gasteiger partial charge in [-0.3, -0.25) is 9.59 Å². The number of amides is 1. The lowest BCUT2D eigenvalue weighted by Crippen LogP contribution is -2.44. The van der Waals surface area contributed by atoms with Crippen LogP contribution in [0.5, 0.6) is 11.5 Å². The summed E-state index contributed by atoms with van der Waals surface area (Å²) in [6.07, 6.45) is -4.64. The standard InChI is InChI=1S/C28H30F3N5O5/c1-15(26(32)38)35-9-7-21-24(16-10-19(40-2)13-20(11-16)41-3)33-36(27(39)25(21)35)23-12-17(34-8-6-18(37)14-34)4-5-22(23)28(29,30)31/h4-5,10-13,15,18,37H,6-9,14H2,1-3H3,(H2,32,38). The van der Waals surface area contributed by atoms with E-state index in [9.17, 15) is 27.9 Å². The molecular weight excluding hydrogens is 543 g/mol. The Morgan fingerprint density at radius 1 is 1.12 bits per heavy atom. The fraction of sp³-hybridized carbons (Fsp3) is 0.393. The Labute approximate surface area is 233 Å². The lowest BCUT2D eigenvalue weighted by Gasteiger charge is -2.26. The van der Waals surface area contributed by atoms with Crippen molar-refractivity contribution in [1.29, 1.82) is 0 Å². The number of hydrogen-bond donors (Lipinski definition) is 2. The Bertz CT molecular complexity index is 1540. The molecule has 2 aromatic carbocycles. The van der Waals surface area contributed by atoms with Gasteiger partial charge in [0.2, 0.25) is 5.91 Å². The number of β-amino-alcohol motifs (C(OH)–C–C–N with tert-alkyl or cyclic N) is 1. The van der Waals surface area contributed by atoms with Crippen LogP contribution in [0.1, 0.15) is 24.5 Å². The minimum absolute atomic E-state index is 0.0539. The van der Waals surface area contributed by atoms with E-state index in [1.54, 1.807) is 23.1 Å². The number of carbonyl (C=O) groups excluding carboxylic acids is 1. The molecule has 5 rings (SSSR count). The molecule has 0 spiro atoms. The summed E-state index contributed by atoms with van der Waals surface area (Å²) < 4.78 is 54.5. The average Bonchev–Trinajstić information content (AvgIpc) is 3.58. The molecule has 2 unspecified atom stereocenters. The zero-order chi connectivity index (χ0) is 29.6. The van der Waals surface area contributed by atoms with Crippen LogP contribution in [0.15, 0.2) is 41.2 Å². The topological polar surface area (TPSA) is 123 Å². The second kappa shape index (κ2) is 10.6. The minimum Gasteiger partial charge on any atom is -0.497 e. The van der Waals surface area contributed by atoms with Crippen LogP contribution in [0.25, 0.3) is 16.9 Å². The summed E-state index contributed by atoms with van der Waals surface area (Å²) in [7, 11) is 2.92. The van der Waals surface area contributed by atoms with Crippen LogP contribution in [-0.2, 0) is 17.4 Å². The van der Waals surface area contributed by atoms with Gasteiger partial charge in [0.1, 0.15) is 23.2 Å². The van der Waals surface area contributed by atoms with Gasteiger partial charge in [0.25, 0.3) is 5.56 Å². The maximum Gasteiger partial charge on any atom is 0.418 e. The van der Waals surface area contributed by atoms with Gasteiger partial charge in [-0.25, -0.2) is 0 Å². The highest BCUT2D eigenvalue weighted by molar-refractivity contribution is 5.85. The van der Waals surface area contributed by atoms with Crippen LogP contribution < -0.4 is 30.6 Å². The van der Waals surface area contributed by atoms with Crippen molar-refractivity contribution in [2.75, 3.05) is 43.7 Å². The highest BCUT2D eigenvalue weighted by Crippen LogP contribution is 2.39. The molecule has 41 heavy (non-hydrogen) atoms. The van der Waals surface area contributed by atoms with Gasteiger partial charge in [-0.05, 0) is 50.1 Å². The van der Waals surface area contributed by atoms with Crippen molar-refractivity contribution >= 4 is 17.3 Å². The fourth-order valence-corrected chi connectivity index (χ4v) is 5.41. The number of carbonyl (C=O) groups is 1. The molecule has 0 radical (unpaired) electrons. The van der Waals surface area contributed by atoms with Crippen molar-refractivity contribution in [1.82, 2.24) is 9.78 Å². The third-order valence-electron chi connectivity index (χ3n) is 7.60. The first-order valence-corrected chi connectivity index (χ1v) is 13.0. The highest BCUT2D eigenvalue weighted by Gasteiger charge is 2.38. The van der Waals surface area contributed by atoms with Gasteiger partial charge >= 0.3 is 6.18 Å². The summed E-state index contributed by atoms with van der Waals surface area (Å²) in [5.74, 6) is 0.146. The molecule has 1 fully saturated rings. The van der Waals surface area contributed by atoms with Crippen LogP contribution in [0.4, 0.5) is 24.5 Å². The molecule has 218 valence electrons. The monoisotopic (exact) mass is 573 g/mol. The highest BCUT2D eigenvalue weighted by atomic mass is 19.4. The van der Waals surface area contributed by atoms with Gasteiger partial charge in [-0.2, -0.15) is 23.0 Å². The molecule has 1 saturated heterocycles. The first-order valence-electron chi connectivity index (χ1n) is 13.0. The molecule has 3 aromatic rings. The van der Waals surface area contributed by atoms with Gasteiger partial charge in [0, 0.05) is 42.5 Å². The van der Waals surface area contributed by atoms with Gasteiger partial charge in [0.05, 0.1) is 37.3 Å². The Hall–Kier alpha value is -4.26. The van der Waals surface area contributed by atoms with Crippen molar-refractivity contribution in [3.63, 3.8) is 0 Å². The number of methoxy groups -OCH3 is 2. The summed E-state index contributed by atoms with van der Waals surface area (Å²) in [6, 6.07) is 7.52. The Kier molecular flexibility index (Phi) is 7.32. The molecule has 0 saturated carbocycles. The third-order valence-corrected chi connectivity index (χ3v) is 7.60. The van der Waals surface area contributed by atoms with Gasteiger partial charge < -0.3 is 30.1 Å². The predicted octanol–water partition coefficient (Wildman–Crippen LogP) is 2.74. The summed E-state index contributed by atoms with van der Waals surface area (Å²) in [4.78, 5) is 29.4. The number of primary amides is 1. The molecule has 2 aliphatic heterocycles. The van der Waals surface area contributed by atoms with Crippen molar-refractivity contribution < 1.29 is 32.5 Å². The van der Waals surface area contributed by atoms with E-state index in [1.165, 1.54) is 38.2 Å². The Balaban J connectivity index is 1.82.